The molecule has 1 heterocycles. The lowest BCUT2D eigenvalue weighted by Crippen LogP contribution is -2.10. The highest BCUT2D eigenvalue weighted by atomic mass is 127. The Balaban J connectivity index is 1.81. The Hall–Kier alpha value is -2.34. The summed E-state index contributed by atoms with van der Waals surface area (Å²) in [6.07, 6.45) is 0. The quantitative estimate of drug-likeness (QED) is 0.263. The number of fused-ring (bicyclic) bond motifs is 3. The van der Waals surface area contributed by atoms with Crippen molar-refractivity contribution in [3.63, 3.8) is 0 Å². The van der Waals surface area contributed by atoms with Crippen LogP contribution in [-0.2, 0) is 0 Å². The fourth-order valence-corrected chi connectivity index (χ4v) is 3.48. The number of benzene rings is 3. The van der Waals surface area contributed by atoms with Gasteiger partial charge in [-0.3, -0.25) is 0 Å². The molecule has 0 atom stereocenters. The number of carbonyl (C=O) groups is 1. The first kappa shape index (κ1) is 15.2. The van der Waals surface area contributed by atoms with Crippen molar-refractivity contribution >= 4 is 50.4 Å². The van der Waals surface area contributed by atoms with Gasteiger partial charge < -0.3 is 9.72 Å². The Morgan fingerprint density at radius 1 is 1.00 bits per heavy atom. The number of aromatic nitrogens is 1. The summed E-state index contributed by atoms with van der Waals surface area (Å²) in [5.74, 6) is 0.202. The number of halogens is 1. The fraction of sp³-hybridized carbons (Fsp3) is 0.0500. The molecule has 0 aliphatic carbocycles. The summed E-state index contributed by atoms with van der Waals surface area (Å²) in [6, 6.07) is 19.4. The average molecular weight is 427 g/mol. The second kappa shape index (κ2) is 5.94. The fourth-order valence-electron chi connectivity index (χ4n) is 2.88. The van der Waals surface area contributed by atoms with Crippen molar-refractivity contribution < 1.29 is 9.53 Å². The first-order valence-electron chi connectivity index (χ1n) is 7.61. The molecule has 1 N–H and O–H groups in total. The van der Waals surface area contributed by atoms with Crippen molar-refractivity contribution in [2.24, 2.45) is 0 Å². The molecule has 3 nitrogen and oxygen atoms in total. The van der Waals surface area contributed by atoms with Gasteiger partial charge in [-0.1, -0.05) is 35.9 Å². The van der Waals surface area contributed by atoms with Gasteiger partial charge in [-0.05, 0) is 59.8 Å². The third-order valence-electron chi connectivity index (χ3n) is 4.05. The summed E-state index contributed by atoms with van der Waals surface area (Å²) in [7, 11) is 0. The number of hydrogen-bond acceptors (Lipinski definition) is 2. The number of aryl methyl sites for hydroxylation is 1. The van der Waals surface area contributed by atoms with E-state index < -0.39 is 0 Å². The lowest BCUT2D eigenvalue weighted by atomic mass is 10.1. The van der Waals surface area contributed by atoms with Crippen LogP contribution >= 0.6 is 22.6 Å². The largest absolute Gasteiger partial charge is 0.421 e. The van der Waals surface area contributed by atoms with E-state index in [1.54, 1.807) is 6.07 Å². The minimum atomic E-state index is -0.345. The van der Waals surface area contributed by atoms with Crippen molar-refractivity contribution in [3.05, 3.63) is 75.4 Å². The standard InChI is InChI=1S/C20H14INO2/c1-12-9-10-17-15(11-12)13-6-4-8-18(19(13)22-17)24-20(23)14-5-2-3-7-16(14)21/h2-11,22H,1H3. The van der Waals surface area contributed by atoms with Crippen LogP contribution in [0.5, 0.6) is 5.75 Å². The first-order valence-corrected chi connectivity index (χ1v) is 8.69. The van der Waals surface area contributed by atoms with Crippen LogP contribution in [-0.4, -0.2) is 11.0 Å². The molecule has 0 saturated carbocycles. The molecule has 0 aliphatic rings. The van der Waals surface area contributed by atoms with Crippen molar-refractivity contribution in [1.29, 1.82) is 0 Å². The summed E-state index contributed by atoms with van der Waals surface area (Å²) in [5.41, 5.74) is 3.65. The molecule has 0 amide bonds. The van der Waals surface area contributed by atoms with E-state index in [-0.39, 0.29) is 5.97 Å². The van der Waals surface area contributed by atoms with Gasteiger partial charge >= 0.3 is 5.97 Å². The maximum Gasteiger partial charge on any atom is 0.344 e. The molecule has 0 radical (unpaired) electrons. The summed E-state index contributed by atoms with van der Waals surface area (Å²) >= 11 is 2.14. The third-order valence-corrected chi connectivity index (χ3v) is 4.99. The van der Waals surface area contributed by atoms with Crippen LogP contribution in [0.25, 0.3) is 21.8 Å². The zero-order chi connectivity index (χ0) is 16.7. The molecule has 1 aromatic heterocycles. The number of aromatic amines is 1. The van der Waals surface area contributed by atoms with Crippen LogP contribution in [0.2, 0.25) is 0 Å². The molecule has 3 aromatic carbocycles. The predicted molar refractivity (Wildman–Crippen MR) is 105 cm³/mol. The number of nitrogens with one attached hydrogen (secondary N) is 1. The van der Waals surface area contributed by atoms with E-state index in [9.17, 15) is 4.79 Å². The maximum atomic E-state index is 12.5. The molecule has 24 heavy (non-hydrogen) atoms. The van der Waals surface area contributed by atoms with E-state index in [1.807, 2.05) is 36.4 Å². The SMILES string of the molecule is Cc1ccc2[nH]c3c(OC(=O)c4ccccc4I)cccc3c2c1. The van der Waals surface area contributed by atoms with Crippen molar-refractivity contribution in [2.75, 3.05) is 0 Å². The van der Waals surface area contributed by atoms with Crippen molar-refractivity contribution in [2.45, 2.75) is 6.92 Å². The molecule has 118 valence electrons. The van der Waals surface area contributed by atoms with E-state index >= 15 is 0 Å². The maximum absolute atomic E-state index is 12.5. The van der Waals surface area contributed by atoms with Crippen LogP contribution in [0.4, 0.5) is 0 Å². The lowest BCUT2D eigenvalue weighted by Gasteiger charge is -2.07. The predicted octanol–water partition coefficient (Wildman–Crippen LogP) is 5.45. The average Bonchev–Trinajstić information content (AvgIpc) is 2.94. The molecule has 0 aliphatic heterocycles. The van der Waals surface area contributed by atoms with Crippen LogP contribution in [0.1, 0.15) is 15.9 Å². The van der Waals surface area contributed by atoms with E-state index in [0.29, 0.717) is 11.3 Å². The Kier molecular flexibility index (Phi) is 3.76. The zero-order valence-corrected chi connectivity index (χ0v) is 15.1. The molecular formula is C20H14INO2. The zero-order valence-electron chi connectivity index (χ0n) is 13.0. The normalized spacial score (nSPS) is 11.1. The van der Waals surface area contributed by atoms with E-state index in [1.165, 1.54) is 5.56 Å². The van der Waals surface area contributed by atoms with Gasteiger partial charge in [-0.15, -0.1) is 0 Å². The Morgan fingerprint density at radius 2 is 1.83 bits per heavy atom. The Bertz CT molecular complexity index is 1080. The first-order chi connectivity index (χ1) is 11.6. The summed E-state index contributed by atoms with van der Waals surface area (Å²) in [6.45, 7) is 2.07. The molecule has 4 aromatic rings. The third kappa shape index (κ3) is 2.57. The molecular weight excluding hydrogens is 413 g/mol. The number of esters is 1. The van der Waals surface area contributed by atoms with Crippen LogP contribution in [0, 0.1) is 10.5 Å². The number of para-hydroxylation sites is 1. The van der Waals surface area contributed by atoms with Crippen LogP contribution < -0.4 is 4.74 Å². The van der Waals surface area contributed by atoms with E-state index in [4.69, 9.17) is 4.74 Å². The minimum Gasteiger partial charge on any atom is -0.421 e. The highest BCUT2D eigenvalue weighted by Gasteiger charge is 2.15. The number of carbonyl (C=O) groups excluding carboxylic acids is 1. The number of rotatable bonds is 2. The number of ether oxygens (including phenoxy) is 1. The summed E-state index contributed by atoms with van der Waals surface area (Å²) in [4.78, 5) is 15.9. The second-order valence-corrected chi connectivity index (χ2v) is 6.88. The lowest BCUT2D eigenvalue weighted by molar-refractivity contribution is 0.0735. The summed E-state index contributed by atoms with van der Waals surface area (Å²) in [5, 5.41) is 2.19. The van der Waals surface area contributed by atoms with Gasteiger partial charge in [0.2, 0.25) is 0 Å². The van der Waals surface area contributed by atoms with Gasteiger partial charge in [0, 0.05) is 19.9 Å². The molecule has 0 bridgehead atoms. The molecule has 0 spiro atoms. The highest BCUT2D eigenvalue weighted by Crippen LogP contribution is 2.32. The van der Waals surface area contributed by atoms with Crippen LogP contribution in [0.3, 0.4) is 0 Å². The molecule has 0 fully saturated rings. The van der Waals surface area contributed by atoms with Crippen LogP contribution in [0.15, 0.2) is 60.7 Å². The van der Waals surface area contributed by atoms with Gasteiger partial charge in [0.25, 0.3) is 0 Å². The van der Waals surface area contributed by atoms with E-state index in [0.717, 1.165) is 25.4 Å². The molecule has 0 unspecified atom stereocenters. The van der Waals surface area contributed by atoms with E-state index in [2.05, 4.69) is 52.7 Å². The number of H-pyrrole nitrogens is 1. The van der Waals surface area contributed by atoms with Gasteiger partial charge in [0.15, 0.2) is 5.75 Å². The smallest absolute Gasteiger partial charge is 0.344 e. The Labute approximate surface area is 152 Å². The van der Waals surface area contributed by atoms with Crippen molar-refractivity contribution in [3.8, 4) is 5.75 Å². The van der Waals surface area contributed by atoms with Gasteiger partial charge in [-0.25, -0.2) is 4.79 Å². The van der Waals surface area contributed by atoms with Gasteiger partial charge in [0.1, 0.15) is 0 Å². The van der Waals surface area contributed by atoms with Crippen molar-refractivity contribution in [1.82, 2.24) is 4.98 Å². The van der Waals surface area contributed by atoms with Gasteiger partial charge in [0.05, 0.1) is 11.1 Å². The molecule has 0 saturated heterocycles. The molecule has 4 rings (SSSR count). The van der Waals surface area contributed by atoms with Gasteiger partial charge in [-0.2, -0.15) is 0 Å². The number of hydrogen-bond donors (Lipinski definition) is 1. The monoisotopic (exact) mass is 427 g/mol. The minimum absolute atomic E-state index is 0.345. The molecule has 4 heteroatoms. The topological polar surface area (TPSA) is 42.1 Å². The summed E-state index contributed by atoms with van der Waals surface area (Å²) < 4.78 is 6.55. The Morgan fingerprint density at radius 3 is 2.67 bits per heavy atom. The second-order valence-electron chi connectivity index (χ2n) is 5.72. The highest BCUT2D eigenvalue weighted by molar-refractivity contribution is 14.1.